The van der Waals surface area contributed by atoms with E-state index < -0.39 is 5.97 Å². The van der Waals surface area contributed by atoms with Crippen molar-refractivity contribution in [3.05, 3.63) is 22.7 Å². The summed E-state index contributed by atoms with van der Waals surface area (Å²) in [5.74, 6) is -0.971. The van der Waals surface area contributed by atoms with E-state index in [1.165, 1.54) is 12.1 Å². The Labute approximate surface area is 96.7 Å². The highest BCUT2D eigenvalue weighted by atomic mass is 35.5. The van der Waals surface area contributed by atoms with Crippen LogP contribution in [-0.4, -0.2) is 30.4 Å². The van der Waals surface area contributed by atoms with Crippen molar-refractivity contribution in [1.29, 1.82) is 0 Å². The zero-order valence-corrected chi connectivity index (χ0v) is 9.03. The molecule has 0 saturated carbocycles. The SMILES string of the molecule is Nc1cc(Cl)c(OC2COC2)c(C(=O)O)c1. The average Bonchev–Trinajstić information content (AvgIpc) is 2.12. The Kier molecular flexibility index (Phi) is 2.89. The van der Waals surface area contributed by atoms with Gasteiger partial charge in [0.2, 0.25) is 0 Å². The normalized spacial score (nSPS) is 15.6. The van der Waals surface area contributed by atoms with Crippen LogP contribution < -0.4 is 10.5 Å². The van der Waals surface area contributed by atoms with E-state index in [9.17, 15) is 4.79 Å². The Morgan fingerprint density at radius 3 is 2.75 bits per heavy atom. The molecule has 1 heterocycles. The van der Waals surface area contributed by atoms with E-state index >= 15 is 0 Å². The molecule has 2 rings (SSSR count). The van der Waals surface area contributed by atoms with Gasteiger partial charge in [0.1, 0.15) is 11.7 Å². The number of halogens is 1. The lowest BCUT2D eigenvalue weighted by Gasteiger charge is -2.27. The number of carbonyl (C=O) groups is 1. The molecule has 0 radical (unpaired) electrons. The van der Waals surface area contributed by atoms with E-state index in [4.69, 9.17) is 31.9 Å². The highest BCUT2D eigenvalue weighted by Crippen LogP contribution is 2.33. The van der Waals surface area contributed by atoms with Gasteiger partial charge < -0.3 is 20.3 Å². The van der Waals surface area contributed by atoms with Crippen LogP contribution in [0, 0.1) is 0 Å². The minimum atomic E-state index is -1.12. The van der Waals surface area contributed by atoms with Crippen LogP contribution in [0.15, 0.2) is 12.1 Å². The lowest BCUT2D eigenvalue weighted by Crippen LogP contribution is -2.39. The van der Waals surface area contributed by atoms with Crippen LogP contribution in [0.3, 0.4) is 0 Å². The Hall–Kier alpha value is -1.46. The molecule has 1 aliphatic rings. The molecule has 0 spiro atoms. The molecule has 86 valence electrons. The van der Waals surface area contributed by atoms with Crippen molar-refractivity contribution in [2.45, 2.75) is 6.10 Å². The zero-order valence-electron chi connectivity index (χ0n) is 8.27. The van der Waals surface area contributed by atoms with Gasteiger partial charge in [-0.1, -0.05) is 11.6 Å². The second kappa shape index (κ2) is 4.19. The van der Waals surface area contributed by atoms with Gasteiger partial charge in [-0.15, -0.1) is 0 Å². The fourth-order valence-electron chi connectivity index (χ4n) is 1.34. The highest BCUT2D eigenvalue weighted by molar-refractivity contribution is 6.33. The van der Waals surface area contributed by atoms with Crippen molar-refractivity contribution in [2.24, 2.45) is 0 Å². The molecule has 0 atom stereocenters. The Morgan fingerprint density at radius 2 is 2.25 bits per heavy atom. The number of aromatic carboxylic acids is 1. The minimum absolute atomic E-state index is 0.0306. The first-order valence-corrected chi connectivity index (χ1v) is 5.02. The molecule has 16 heavy (non-hydrogen) atoms. The van der Waals surface area contributed by atoms with Crippen LogP contribution in [0.1, 0.15) is 10.4 Å². The first-order valence-electron chi connectivity index (χ1n) is 4.64. The van der Waals surface area contributed by atoms with Crippen LogP contribution in [0.5, 0.6) is 5.75 Å². The maximum absolute atomic E-state index is 11.0. The van der Waals surface area contributed by atoms with E-state index in [0.29, 0.717) is 18.9 Å². The summed E-state index contributed by atoms with van der Waals surface area (Å²) in [4.78, 5) is 11.0. The second-order valence-corrected chi connectivity index (χ2v) is 3.87. The topological polar surface area (TPSA) is 81.8 Å². The largest absolute Gasteiger partial charge is 0.483 e. The van der Waals surface area contributed by atoms with Crippen LogP contribution in [0.2, 0.25) is 5.02 Å². The van der Waals surface area contributed by atoms with Crippen molar-refractivity contribution in [1.82, 2.24) is 0 Å². The summed E-state index contributed by atoms with van der Waals surface area (Å²) < 4.78 is 10.4. The molecule has 5 nitrogen and oxygen atoms in total. The van der Waals surface area contributed by atoms with Gasteiger partial charge >= 0.3 is 5.97 Å². The number of rotatable bonds is 3. The van der Waals surface area contributed by atoms with Crippen molar-refractivity contribution < 1.29 is 19.4 Å². The predicted octanol–water partition coefficient (Wildman–Crippen LogP) is 1.40. The number of carboxylic acid groups (broad SMARTS) is 1. The molecule has 1 aromatic carbocycles. The molecule has 6 heteroatoms. The summed E-state index contributed by atoms with van der Waals surface area (Å²) in [5, 5.41) is 9.19. The molecule has 0 amide bonds. The van der Waals surface area contributed by atoms with Crippen molar-refractivity contribution in [2.75, 3.05) is 18.9 Å². The summed E-state index contributed by atoms with van der Waals surface area (Å²) in [5.41, 5.74) is 5.78. The number of hydrogen-bond donors (Lipinski definition) is 2. The number of hydrogen-bond acceptors (Lipinski definition) is 4. The van der Waals surface area contributed by atoms with Crippen LogP contribution in [-0.2, 0) is 4.74 Å². The van der Waals surface area contributed by atoms with Gasteiger partial charge in [-0.25, -0.2) is 4.79 Å². The maximum Gasteiger partial charge on any atom is 0.339 e. The lowest BCUT2D eigenvalue weighted by molar-refractivity contribution is -0.0798. The summed E-state index contributed by atoms with van der Waals surface area (Å²) in [6, 6.07) is 2.78. The fraction of sp³-hybridized carbons (Fsp3) is 0.300. The first kappa shape index (κ1) is 11.0. The summed E-state index contributed by atoms with van der Waals surface area (Å²) in [7, 11) is 0. The maximum atomic E-state index is 11.0. The summed E-state index contributed by atoms with van der Waals surface area (Å²) >= 11 is 5.89. The van der Waals surface area contributed by atoms with Crippen molar-refractivity contribution in [3.63, 3.8) is 0 Å². The highest BCUT2D eigenvalue weighted by Gasteiger charge is 2.24. The van der Waals surface area contributed by atoms with Gasteiger partial charge in [0.05, 0.1) is 18.2 Å². The quantitative estimate of drug-likeness (QED) is 0.784. The molecule has 0 unspecified atom stereocenters. The number of benzene rings is 1. The van der Waals surface area contributed by atoms with Crippen LogP contribution >= 0.6 is 11.6 Å². The van der Waals surface area contributed by atoms with E-state index in [-0.39, 0.29) is 22.4 Å². The van der Waals surface area contributed by atoms with Gasteiger partial charge in [0, 0.05) is 5.69 Å². The van der Waals surface area contributed by atoms with Gasteiger partial charge in [0.15, 0.2) is 5.75 Å². The fourth-order valence-corrected chi connectivity index (χ4v) is 1.61. The lowest BCUT2D eigenvalue weighted by atomic mass is 10.1. The Balaban J connectivity index is 2.35. The van der Waals surface area contributed by atoms with Crippen molar-refractivity contribution in [3.8, 4) is 5.75 Å². The average molecular weight is 244 g/mol. The van der Waals surface area contributed by atoms with Crippen LogP contribution in [0.25, 0.3) is 0 Å². The number of nitrogen functional groups attached to an aromatic ring is 1. The molecule has 0 aliphatic carbocycles. The molecular formula is C10H10ClNO4. The predicted molar refractivity (Wildman–Crippen MR) is 58.1 cm³/mol. The number of ether oxygens (including phenoxy) is 2. The van der Waals surface area contributed by atoms with E-state index in [2.05, 4.69) is 0 Å². The van der Waals surface area contributed by atoms with E-state index in [1.807, 2.05) is 0 Å². The monoisotopic (exact) mass is 243 g/mol. The smallest absolute Gasteiger partial charge is 0.339 e. The molecule has 1 aliphatic heterocycles. The van der Waals surface area contributed by atoms with Crippen molar-refractivity contribution >= 4 is 23.3 Å². The van der Waals surface area contributed by atoms with Gasteiger partial charge in [-0.2, -0.15) is 0 Å². The third kappa shape index (κ3) is 2.05. The van der Waals surface area contributed by atoms with E-state index in [1.54, 1.807) is 0 Å². The Bertz CT molecular complexity index is 431. The summed E-state index contributed by atoms with van der Waals surface area (Å²) in [6.07, 6.45) is -0.140. The number of nitrogens with two attached hydrogens (primary N) is 1. The molecule has 0 bridgehead atoms. The van der Waals surface area contributed by atoms with E-state index in [0.717, 1.165) is 0 Å². The molecule has 3 N–H and O–H groups in total. The standard InChI is InChI=1S/C10H10ClNO4/c11-8-2-5(12)1-7(10(13)14)9(8)16-6-3-15-4-6/h1-2,6H,3-4,12H2,(H,13,14). The molecule has 1 saturated heterocycles. The second-order valence-electron chi connectivity index (χ2n) is 3.46. The molecule has 1 fully saturated rings. The summed E-state index contributed by atoms with van der Waals surface area (Å²) in [6.45, 7) is 0.888. The van der Waals surface area contributed by atoms with Crippen LogP contribution in [0.4, 0.5) is 5.69 Å². The Morgan fingerprint density at radius 1 is 1.56 bits per heavy atom. The van der Waals surface area contributed by atoms with Gasteiger partial charge in [-0.3, -0.25) is 0 Å². The molecule has 0 aromatic heterocycles. The minimum Gasteiger partial charge on any atom is -0.483 e. The zero-order chi connectivity index (χ0) is 11.7. The number of anilines is 1. The van der Waals surface area contributed by atoms with Gasteiger partial charge in [0.25, 0.3) is 0 Å². The third-order valence-corrected chi connectivity index (χ3v) is 2.47. The number of carboxylic acids is 1. The van der Waals surface area contributed by atoms with Gasteiger partial charge in [-0.05, 0) is 12.1 Å². The third-order valence-electron chi connectivity index (χ3n) is 2.19. The first-order chi connectivity index (χ1) is 7.58. The molecular weight excluding hydrogens is 234 g/mol. The molecule has 1 aromatic rings.